The minimum Gasteiger partial charge on any atom is -0.478 e. The van der Waals surface area contributed by atoms with Gasteiger partial charge in [-0.05, 0) is 13.8 Å². The minimum atomic E-state index is -0.981. The molecule has 0 bridgehead atoms. The minimum absolute atomic E-state index is 0.372. The third-order valence-electron chi connectivity index (χ3n) is 1.20. The summed E-state index contributed by atoms with van der Waals surface area (Å²) >= 11 is 0. The SMILES string of the molecule is C=CC(=O)O.CCOCC(O)COCC. The predicted molar refractivity (Wildman–Crippen MR) is 56.8 cm³/mol. The lowest BCUT2D eigenvalue weighted by molar-refractivity contribution is -0.131. The molecular formula is C10H20O5. The average Bonchev–Trinajstić information content (AvgIpc) is 2.24. The van der Waals surface area contributed by atoms with Crippen LogP contribution in [-0.2, 0) is 14.3 Å². The van der Waals surface area contributed by atoms with Crippen molar-refractivity contribution in [3.63, 3.8) is 0 Å². The number of aliphatic hydroxyl groups is 1. The average molecular weight is 220 g/mol. The van der Waals surface area contributed by atoms with E-state index in [4.69, 9.17) is 19.7 Å². The number of aliphatic carboxylic acids is 1. The van der Waals surface area contributed by atoms with Crippen LogP contribution in [0.1, 0.15) is 13.8 Å². The Morgan fingerprint density at radius 3 is 1.87 bits per heavy atom. The van der Waals surface area contributed by atoms with Crippen LogP contribution in [0.25, 0.3) is 0 Å². The molecule has 5 heteroatoms. The Balaban J connectivity index is 0. The number of ether oxygens (including phenoxy) is 2. The summed E-state index contributed by atoms with van der Waals surface area (Å²) in [6.07, 6.45) is 0.361. The summed E-state index contributed by atoms with van der Waals surface area (Å²) in [6.45, 7) is 8.78. The van der Waals surface area contributed by atoms with Crippen LogP contribution in [0, 0.1) is 0 Å². The maximum atomic E-state index is 9.25. The van der Waals surface area contributed by atoms with E-state index in [0.717, 1.165) is 6.08 Å². The molecular weight excluding hydrogens is 200 g/mol. The fourth-order valence-corrected chi connectivity index (χ4v) is 0.556. The Bertz CT molecular complexity index is 150. The molecule has 0 radical (unpaired) electrons. The molecule has 0 aliphatic rings. The molecule has 0 aromatic heterocycles. The first-order valence-corrected chi connectivity index (χ1v) is 4.77. The van der Waals surface area contributed by atoms with Crippen molar-refractivity contribution in [2.45, 2.75) is 20.0 Å². The highest BCUT2D eigenvalue weighted by Gasteiger charge is 2.01. The van der Waals surface area contributed by atoms with Gasteiger partial charge in [0.2, 0.25) is 0 Å². The quantitative estimate of drug-likeness (QED) is 0.617. The maximum absolute atomic E-state index is 9.25. The maximum Gasteiger partial charge on any atom is 0.327 e. The molecule has 0 aliphatic heterocycles. The zero-order valence-corrected chi connectivity index (χ0v) is 9.31. The van der Waals surface area contributed by atoms with Gasteiger partial charge < -0.3 is 19.7 Å². The lowest BCUT2D eigenvalue weighted by atomic mass is 10.4. The van der Waals surface area contributed by atoms with Crippen molar-refractivity contribution >= 4 is 5.97 Å². The topological polar surface area (TPSA) is 76.0 Å². The molecule has 0 spiro atoms. The molecule has 15 heavy (non-hydrogen) atoms. The molecule has 0 rings (SSSR count). The molecule has 0 aromatic carbocycles. The number of aliphatic hydroxyl groups excluding tert-OH is 1. The molecule has 2 N–H and O–H groups in total. The van der Waals surface area contributed by atoms with Crippen LogP contribution in [0.4, 0.5) is 0 Å². The Kier molecular flexibility index (Phi) is 14.4. The first-order valence-electron chi connectivity index (χ1n) is 4.77. The molecule has 0 aromatic rings. The smallest absolute Gasteiger partial charge is 0.327 e. The Morgan fingerprint density at radius 1 is 1.33 bits per heavy atom. The summed E-state index contributed by atoms with van der Waals surface area (Å²) in [6, 6.07) is 0. The Hall–Kier alpha value is -0.910. The first kappa shape index (κ1) is 16.5. The van der Waals surface area contributed by atoms with E-state index < -0.39 is 12.1 Å². The summed E-state index contributed by atoms with van der Waals surface area (Å²) in [5, 5.41) is 16.7. The fourth-order valence-electron chi connectivity index (χ4n) is 0.556. The van der Waals surface area contributed by atoms with Crippen molar-refractivity contribution in [3.05, 3.63) is 12.7 Å². The van der Waals surface area contributed by atoms with Crippen LogP contribution in [0.3, 0.4) is 0 Å². The number of hydrogen-bond donors (Lipinski definition) is 2. The normalized spacial score (nSPS) is 9.33. The summed E-state index contributed by atoms with van der Waals surface area (Å²) in [5.41, 5.74) is 0. The highest BCUT2D eigenvalue weighted by Crippen LogP contribution is 1.86. The van der Waals surface area contributed by atoms with E-state index in [9.17, 15) is 4.79 Å². The van der Waals surface area contributed by atoms with Gasteiger partial charge in [0.1, 0.15) is 6.10 Å². The van der Waals surface area contributed by atoms with Gasteiger partial charge >= 0.3 is 5.97 Å². The van der Waals surface area contributed by atoms with E-state index in [1.54, 1.807) is 0 Å². The van der Waals surface area contributed by atoms with Crippen LogP contribution in [0.15, 0.2) is 12.7 Å². The van der Waals surface area contributed by atoms with E-state index in [1.165, 1.54) is 0 Å². The van der Waals surface area contributed by atoms with E-state index in [0.29, 0.717) is 26.4 Å². The number of hydrogen-bond acceptors (Lipinski definition) is 4. The van der Waals surface area contributed by atoms with Crippen molar-refractivity contribution in [1.29, 1.82) is 0 Å². The molecule has 0 fully saturated rings. The fraction of sp³-hybridized carbons (Fsp3) is 0.700. The Morgan fingerprint density at radius 2 is 1.67 bits per heavy atom. The lowest BCUT2D eigenvalue weighted by Crippen LogP contribution is -2.21. The molecule has 0 atom stereocenters. The van der Waals surface area contributed by atoms with Crippen LogP contribution in [-0.4, -0.2) is 48.7 Å². The molecule has 0 amide bonds. The molecule has 0 saturated carbocycles. The van der Waals surface area contributed by atoms with Gasteiger partial charge in [-0.1, -0.05) is 6.58 Å². The largest absolute Gasteiger partial charge is 0.478 e. The van der Waals surface area contributed by atoms with Crippen molar-refractivity contribution in [2.75, 3.05) is 26.4 Å². The van der Waals surface area contributed by atoms with Crippen LogP contribution in [0.5, 0.6) is 0 Å². The number of rotatable bonds is 7. The van der Waals surface area contributed by atoms with E-state index >= 15 is 0 Å². The Labute approximate surface area is 90.3 Å². The third-order valence-corrected chi connectivity index (χ3v) is 1.20. The number of carboxylic acid groups (broad SMARTS) is 1. The van der Waals surface area contributed by atoms with Gasteiger partial charge in [0, 0.05) is 19.3 Å². The lowest BCUT2D eigenvalue weighted by Gasteiger charge is -2.09. The zero-order valence-electron chi connectivity index (χ0n) is 9.31. The molecule has 0 heterocycles. The van der Waals surface area contributed by atoms with Crippen LogP contribution < -0.4 is 0 Å². The third kappa shape index (κ3) is 19.5. The molecule has 0 unspecified atom stereocenters. The van der Waals surface area contributed by atoms with Gasteiger partial charge in [0.25, 0.3) is 0 Å². The molecule has 90 valence electrons. The standard InChI is InChI=1S/C7H16O3.C3H4O2/c1-3-9-5-7(8)6-10-4-2;1-2-3(4)5/h7-8H,3-6H2,1-2H3;2H,1H2,(H,4,5). The van der Waals surface area contributed by atoms with Crippen LogP contribution >= 0.6 is 0 Å². The second-order valence-corrected chi connectivity index (χ2v) is 2.52. The van der Waals surface area contributed by atoms with Gasteiger partial charge in [0.15, 0.2) is 0 Å². The van der Waals surface area contributed by atoms with Gasteiger partial charge in [-0.25, -0.2) is 4.79 Å². The van der Waals surface area contributed by atoms with Gasteiger partial charge in [-0.3, -0.25) is 0 Å². The van der Waals surface area contributed by atoms with E-state index in [2.05, 4.69) is 6.58 Å². The number of carbonyl (C=O) groups is 1. The second kappa shape index (κ2) is 13.1. The first-order chi connectivity index (χ1) is 7.08. The molecule has 5 nitrogen and oxygen atoms in total. The second-order valence-electron chi connectivity index (χ2n) is 2.52. The predicted octanol–water partition coefficient (Wildman–Crippen LogP) is 0.677. The van der Waals surface area contributed by atoms with E-state index in [1.807, 2.05) is 13.8 Å². The monoisotopic (exact) mass is 220 g/mol. The number of carboxylic acids is 1. The summed E-state index contributed by atoms with van der Waals surface area (Å²) in [5.74, 6) is -0.981. The molecule has 0 saturated heterocycles. The summed E-state index contributed by atoms with van der Waals surface area (Å²) < 4.78 is 9.92. The highest BCUT2D eigenvalue weighted by molar-refractivity contribution is 5.78. The van der Waals surface area contributed by atoms with E-state index in [-0.39, 0.29) is 0 Å². The van der Waals surface area contributed by atoms with Crippen LogP contribution in [0.2, 0.25) is 0 Å². The van der Waals surface area contributed by atoms with Crippen molar-refractivity contribution in [2.24, 2.45) is 0 Å². The zero-order chi connectivity index (χ0) is 12.1. The molecule has 0 aliphatic carbocycles. The van der Waals surface area contributed by atoms with Crippen molar-refractivity contribution < 1.29 is 24.5 Å². The van der Waals surface area contributed by atoms with Crippen molar-refractivity contribution in [1.82, 2.24) is 0 Å². The summed E-state index contributed by atoms with van der Waals surface area (Å²) in [7, 11) is 0. The van der Waals surface area contributed by atoms with Crippen molar-refractivity contribution in [3.8, 4) is 0 Å². The highest BCUT2D eigenvalue weighted by atomic mass is 16.5. The summed E-state index contributed by atoms with van der Waals surface area (Å²) in [4.78, 5) is 9.25. The van der Waals surface area contributed by atoms with Gasteiger partial charge in [-0.2, -0.15) is 0 Å². The van der Waals surface area contributed by atoms with Gasteiger partial charge in [-0.15, -0.1) is 0 Å². The van der Waals surface area contributed by atoms with Gasteiger partial charge in [0.05, 0.1) is 13.2 Å².